The molecule has 0 saturated heterocycles. The molecular weight excluding hydrogens is 264 g/mol. The molecule has 19 heavy (non-hydrogen) atoms. The number of primary amides is 1. The average molecular weight is 283 g/mol. The van der Waals surface area contributed by atoms with Crippen molar-refractivity contribution in [3.05, 3.63) is 28.8 Å². The van der Waals surface area contributed by atoms with Crippen LogP contribution in [0.5, 0.6) is 5.75 Å². The predicted octanol–water partition coefficient (Wildman–Crippen LogP) is 2.48. The van der Waals surface area contributed by atoms with Crippen LogP contribution in [-0.4, -0.2) is 18.1 Å². The topological polar surface area (TPSA) is 78.3 Å². The van der Waals surface area contributed by atoms with Crippen molar-refractivity contribution in [2.75, 3.05) is 0 Å². The van der Waals surface area contributed by atoms with Gasteiger partial charge in [-0.2, -0.15) is 0 Å². The van der Waals surface area contributed by atoms with Gasteiger partial charge in [-0.3, -0.25) is 4.79 Å². The number of hydrogen-bond acceptors (Lipinski definition) is 3. The second-order valence-electron chi connectivity index (χ2n) is 4.96. The van der Waals surface area contributed by atoms with Crippen LogP contribution in [-0.2, 0) is 0 Å². The third-order valence-electron chi connectivity index (χ3n) is 3.50. The zero-order valence-electron chi connectivity index (χ0n) is 10.8. The number of carbonyl (C=O) groups excluding carboxylic acids is 1. The number of nitrogens with two attached hydrogens (primary N) is 2. The van der Waals surface area contributed by atoms with Crippen molar-refractivity contribution in [2.24, 2.45) is 11.5 Å². The van der Waals surface area contributed by atoms with E-state index in [1.807, 2.05) is 0 Å². The zero-order chi connectivity index (χ0) is 13.8. The maximum atomic E-state index is 11.1. The van der Waals surface area contributed by atoms with Crippen LogP contribution in [0.15, 0.2) is 18.2 Å². The molecule has 0 aliphatic heterocycles. The molecule has 1 saturated carbocycles. The van der Waals surface area contributed by atoms with E-state index in [9.17, 15) is 4.79 Å². The van der Waals surface area contributed by atoms with Gasteiger partial charge in [0.1, 0.15) is 11.9 Å². The van der Waals surface area contributed by atoms with Crippen molar-refractivity contribution in [3.8, 4) is 5.75 Å². The number of carbonyl (C=O) groups is 1. The van der Waals surface area contributed by atoms with Crippen LogP contribution in [0.1, 0.15) is 42.5 Å². The Bertz CT molecular complexity index is 465. The molecule has 0 radical (unpaired) electrons. The van der Waals surface area contributed by atoms with Gasteiger partial charge in [0.15, 0.2) is 0 Å². The highest BCUT2D eigenvalue weighted by Crippen LogP contribution is 2.26. The minimum atomic E-state index is -0.539. The van der Waals surface area contributed by atoms with Crippen molar-refractivity contribution >= 4 is 17.5 Å². The molecule has 2 unspecified atom stereocenters. The summed E-state index contributed by atoms with van der Waals surface area (Å²) in [6, 6.07) is 4.97. The second-order valence-corrected chi connectivity index (χ2v) is 5.37. The van der Waals surface area contributed by atoms with Gasteiger partial charge in [-0.1, -0.05) is 24.4 Å². The fourth-order valence-corrected chi connectivity index (χ4v) is 2.66. The van der Waals surface area contributed by atoms with Crippen molar-refractivity contribution < 1.29 is 9.53 Å². The van der Waals surface area contributed by atoms with Crippen molar-refractivity contribution in [1.29, 1.82) is 0 Å². The molecule has 0 aromatic heterocycles. The first-order valence-electron chi connectivity index (χ1n) is 6.59. The molecule has 0 spiro atoms. The van der Waals surface area contributed by atoms with Gasteiger partial charge in [0.25, 0.3) is 0 Å². The van der Waals surface area contributed by atoms with Crippen LogP contribution in [0.2, 0.25) is 5.02 Å². The van der Waals surface area contributed by atoms with E-state index in [2.05, 4.69) is 0 Å². The molecule has 1 aromatic carbocycles. The molecule has 1 aromatic rings. The highest BCUT2D eigenvalue weighted by Gasteiger charge is 2.22. The number of hydrogen-bond donors (Lipinski definition) is 2. The fourth-order valence-electron chi connectivity index (χ4n) is 2.39. The molecule has 0 bridgehead atoms. The summed E-state index contributed by atoms with van der Waals surface area (Å²) in [5.41, 5.74) is 11.6. The van der Waals surface area contributed by atoms with Gasteiger partial charge in [0, 0.05) is 6.04 Å². The number of amides is 1. The lowest BCUT2D eigenvalue weighted by molar-refractivity contribution is 0.100. The first-order chi connectivity index (χ1) is 9.08. The first kappa shape index (κ1) is 14.2. The maximum Gasteiger partial charge on any atom is 0.250 e. The third kappa shape index (κ3) is 3.61. The summed E-state index contributed by atoms with van der Waals surface area (Å²) in [6.07, 6.45) is 5.44. The van der Waals surface area contributed by atoms with E-state index in [-0.39, 0.29) is 12.1 Å². The van der Waals surface area contributed by atoms with Crippen molar-refractivity contribution in [3.63, 3.8) is 0 Å². The molecule has 104 valence electrons. The molecule has 2 rings (SSSR count). The van der Waals surface area contributed by atoms with Crippen LogP contribution in [0.4, 0.5) is 0 Å². The van der Waals surface area contributed by atoms with Crippen molar-refractivity contribution in [2.45, 2.75) is 44.2 Å². The second kappa shape index (κ2) is 6.26. The predicted molar refractivity (Wildman–Crippen MR) is 75.4 cm³/mol. The molecule has 1 amide bonds. The van der Waals surface area contributed by atoms with Crippen LogP contribution in [0.3, 0.4) is 0 Å². The van der Waals surface area contributed by atoms with E-state index in [1.165, 1.54) is 6.42 Å². The van der Waals surface area contributed by atoms with E-state index in [0.29, 0.717) is 16.3 Å². The Balaban J connectivity index is 2.10. The molecule has 4 nitrogen and oxygen atoms in total. The van der Waals surface area contributed by atoms with Gasteiger partial charge >= 0.3 is 0 Å². The van der Waals surface area contributed by atoms with E-state index < -0.39 is 5.91 Å². The maximum absolute atomic E-state index is 11.1. The standard InChI is InChI=1S/C14H19ClN2O2/c15-11-8-9(6-7-10(11)14(17)18)19-13-5-3-1-2-4-12(13)16/h6-8,12-13H,1-5,16H2,(H2,17,18). The van der Waals surface area contributed by atoms with Gasteiger partial charge in [-0.05, 0) is 37.5 Å². The number of rotatable bonds is 3. The minimum absolute atomic E-state index is 0.0120. The van der Waals surface area contributed by atoms with Gasteiger partial charge in [0.05, 0.1) is 10.6 Å². The Morgan fingerprint density at radius 3 is 2.68 bits per heavy atom. The van der Waals surface area contributed by atoms with E-state index in [4.69, 9.17) is 27.8 Å². The molecule has 0 heterocycles. The number of halogens is 1. The van der Waals surface area contributed by atoms with Crippen LogP contribution >= 0.6 is 11.6 Å². The van der Waals surface area contributed by atoms with E-state index >= 15 is 0 Å². The smallest absolute Gasteiger partial charge is 0.250 e. The number of ether oxygens (including phenoxy) is 1. The molecule has 1 fully saturated rings. The van der Waals surface area contributed by atoms with E-state index in [1.54, 1.807) is 18.2 Å². The monoisotopic (exact) mass is 282 g/mol. The molecule has 1 aliphatic carbocycles. The largest absolute Gasteiger partial charge is 0.489 e. The zero-order valence-corrected chi connectivity index (χ0v) is 11.5. The van der Waals surface area contributed by atoms with Crippen LogP contribution < -0.4 is 16.2 Å². The molecule has 5 heteroatoms. The summed E-state index contributed by atoms with van der Waals surface area (Å²) in [4.78, 5) is 11.1. The minimum Gasteiger partial charge on any atom is -0.489 e. The summed E-state index contributed by atoms with van der Waals surface area (Å²) >= 11 is 6.00. The SMILES string of the molecule is NC(=O)c1ccc(OC2CCCCCC2N)cc1Cl. The van der Waals surface area contributed by atoms with Crippen LogP contribution in [0.25, 0.3) is 0 Å². The normalized spacial score (nSPS) is 23.7. The Morgan fingerprint density at radius 2 is 2.00 bits per heavy atom. The molecular formula is C14H19ClN2O2. The molecule has 4 N–H and O–H groups in total. The third-order valence-corrected chi connectivity index (χ3v) is 3.81. The Kier molecular flexibility index (Phi) is 4.66. The fraction of sp³-hybridized carbons (Fsp3) is 0.500. The van der Waals surface area contributed by atoms with Gasteiger partial charge < -0.3 is 16.2 Å². The Morgan fingerprint density at radius 1 is 1.26 bits per heavy atom. The Hall–Kier alpha value is -1.26. The van der Waals surface area contributed by atoms with Crippen LogP contribution in [0, 0.1) is 0 Å². The summed E-state index contributed by atoms with van der Waals surface area (Å²) in [5.74, 6) is 0.0973. The highest BCUT2D eigenvalue weighted by molar-refractivity contribution is 6.33. The lowest BCUT2D eigenvalue weighted by atomic mass is 10.1. The molecule has 2 atom stereocenters. The van der Waals surface area contributed by atoms with E-state index in [0.717, 1.165) is 25.7 Å². The van der Waals surface area contributed by atoms with Gasteiger partial charge in [0.2, 0.25) is 5.91 Å². The summed E-state index contributed by atoms with van der Waals surface area (Å²) in [5, 5.41) is 0.312. The van der Waals surface area contributed by atoms with Gasteiger partial charge in [-0.25, -0.2) is 0 Å². The Labute approximate surface area is 118 Å². The van der Waals surface area contributed by atoms with Crippen molar-refractivity contribution in [1.82, 2.24) is 0 Å². The average Bonchev–Trinajstić information content (AvgIpc) is 2.55. The first-order valence-corrected chi connectivity index (χ1v) is 6.97. The lowest BCUT2D eigenvalue weighted by Crippen LogP contribution is -2.37. The van der Waals surface area contributed by atoms with Gasteiger partial charge in [-0.15, -0.1) is 0 Å². The summed E-state index contributed by atoms with van der Waals surface area (Å²) in [6.45, 7) is 0. The number of benzene rings is 1. The molecule has 1 aliphatic rings. The lowest BCUT2D eigenvalue weighted by Gasteiger charge is -2.23. The summed E-state index contributed by atoms with van der Waals surface area (Å²) < 4.78 is 5.90. The quantitative estimate of drug-likeness (QED) is 0.836. The summed E-state index contributed by atoms with van der Waals surface area (Å²) in [7, 11) is 0. The highest BCUT2D eigenvalue weighted by atomic mass is 35.5.